The van der Waals surface area contributed by atoms with Crippen LogP contribution >= 0.6 is 11.8 Å². The van der Waals surface area contributed by atoms with Crippen molar-refractivity contribution in [1.82, 2.24) is 0 Å². The van der Waals surface area contributed by atoms with Crippen LogP contribution < -0.4 is 5.32 Å². The summed E-state index contributed by atoms with van der Waals surface area (Å²) in [4.78, 5) is 12.4. The molecule has 0 saturated carbocycles. The monoisotopic (exact) mass is 568 g/mol. The molecule has 0 heterocycles. The average Bonchev–Trinajstić information content (AvgIpc) is 2.82. The maximum atomic E-state index is 13.1. The van der Waals surface area contributed by atoms with E-state index in [0.717, 1.165) is 68.9 Å². The first-order valence-corrected chi connectivity index (χ1v) is 14.2. The van der Waals surface area contributed by atoms with Gasteiger partial charge in [-0.05, 0) is 62.3 Å². The minimum Gasteiger partial charge on any atom is -0.380 e. The Morgan fingerprint density at radius 2 is 1.37 bits per heavy atom. The smallest absolute Gasteiger partial charge is 0.380 e. The fraction of sp³-hybridized carbons (Fsp3) is 0.704. The van der Waals surface area contributed by atoms with E-state index >= 15 is 0 Å². The Labute approximate surface area is 225 Å². The predicted molar refractivity (Wildman–Crippen MR) is 139 cm³/mol. The zero-order valence-electron chi connectivity index (χ0n) is 21.8. The highest BCUT2D eigenvalue weighted by Crippen LogP contribution is 2.34. The van der Waals surface area contributed by atoms with E-state index in [-0.39, 0.29) is 18.5 Å². The van der Waals surface area contributed by atoms with Crippen molar-refractivity contribution in [3.8, 4) is 6.07 Å². The molecule has 2 N–H and O–H groups in total. The number of hydrogen-bond acceptors (Lipinski definition) is 4. The van der Waals surface area contributed by atoms with Gasteiger partial charge in [-0.15, -0.1) is 0 Å². The molecule has 1 rings (SSSR count). The summed E-state index contributed by atoms with van der Waals surface area (Å²) >= 11 is 1.72. The van der Waals surface area contributed by atoms with Gasteiger partial charge >= 0.3 is 12.4 Å². The number of nitrogens with one attached hydrogen (secondary N) is 1. The Kier molecular flexibility index (Phi) is 15.2. The second-order valence-corrected chi connectivity index (χ2v) is 10.9. The van der Waals surface area contributed by atoms with E-state index in [2.05, 4.69) is 5.32 Å². The molecule has 216 valence electrons. The van der Waals surface area contributed by atoms with Crippen molar-refractivity contribution in [3.05, 3.63) is 29.3 Å². The van der Waals surface area contributed by atoms with Gasteiger partial charge in [0.25, 0.3) is 5.91 Å². The number of benzene rings is 1. The number of nitriles is 1. The summed E-state index contributed by atoms with van der Waals surface area (Å²) in [7, 11) is 0. The molecular weight excluding hydrogens is 530 g/mol. The van der Waals surface area contributed by atoms with Gasteiger partial charge < -0.3 is 10.4 Å². The Hall–Kier alpha value is -1.93. The molecule has 0 aliphatic rings. The molecule has 1 amide bonds. The fourth-order valence-electron chi connectivity index (χ4n) is 3.88. The molecule has 38 heavy (non-hydrogen) atoms. The van der Waals surface area contributed by atoms with Gasteiger partial charge in [-0.1, -0.05) is 51.4 Å². The Morgan fingerprint density at radius 3 is 1.89 bits per heavy atom. The van der Waals surface area contributed by atoms with Gasteiger partial charge in [-0.2, -0.15) is 43.4 Å². The summed E-state index contributed by atoms with van der Waals surface area (Å²) in [5.41, 5.74) is -3.56. The van der Waals surface area contributed by atoms with Crippen molar-refractivity contribution in [2.45, 2.75) is 108 Å². The van der Waals surface area contributed by atoms with Crippen LogP contribution in [0.25, 0.3) is 0 Å². The van der Waals surface area contributed by atoms with Crippen LogP contribution in [0.3, 0.4) is 0 Å². The van der Waals surface area contributed by atoms with Gasteiger partial charge in [0.1, 0.15) is 5.60 Å². The average molecular weight is 569 g/mol. The highest BCUT2D eigenvalue weighted by molar-refractivity contribution is 7.99. The highest BCUT2D eigenvalue weighted by atomic mass is 32.2. The maximum absolute atomic E-state index is 13.1. The van der Waals surface area contributed by atoms with Crippen molar-refractivity contribution in [2.75, 3.05) is 16.8 Å². The number of halogens is 6. The fourth-order valence-corrected chi connectivity index (χ4v) is 4.90. The number of carbonyl (C=O) groups is 1. The van der Waals surface area contributed by atoms with E-state index in [1.54, 1.807) is 11.8 Å². The highest BCUT2D eigenvalue weighted by Gasteiger charge is 2.35. The van der Waals surface area contributed by atoms with Crippen LogP contribution in [0.1, 0.15) is 102 Å². The van der Waals surface area contributed by atoms with E-state index in [9.17, 15) is 36.2 Å². The molecular formula is C27H38F6N2O2S. The zero-order chi connectivity index (χ0) is 28.7. The molecule has 0 spiro atoms. The lowest BCUT2D eigenvalue weighted by Crippen LogP contribution is -2.40. The molecule has 0 saturated heterocycles. The normalized spacial score (nSPS) is 13.7. The number of thioether (sulfide) groups is 1. The molecule has 0 fully saturated rings. The predicted octanol–water partition coefficient (Wildman–Crippen LogP) is 8.63. The Bertz CT molecular complexity index is 882. The second kappa shape index (κ2) is 16.9. The van der Waals surface area contributed by atoms with Gasteiger partial charge in [0.15, 0.2) is 0 Å². The van der Waals surface area contributed by atoms with Crippen LogP contribution in [0.2, 0.25) is 0 Å². The van der Waals surface area contributed by atoms with Gasteiger partial charge in [0, 0.05) is 12.1 Å². The third-order valence-corrected chi connectivity index (χ3v) is 7.30. The molecule has 1 aromatic carbocycles. The van der Waals surface area contributed by atoms with Gasteiger partial charge in [0.05, 0.1) is 17.2 Å². The summed E-state index contributed by atoms with van der Waals surface area (Å²) in [5, 5.41) is 21.7. The summed E-state index contributed by atoms with van der Waals surface area (Å²) in [5.74, 6) is 0.961. The Balaban J connectivity index is 2.12. The second-order valence-electron chi connectivity index (χ2n) is 9.71. The van der Waals surface area contributed by atoms with E-state index in [1.165, 1.54) is 19.1 Å². The summed E-state index contributed by atoms with van der Waals surface area (Å²) in [6.45, 7) is 1.33. The molecule has 0 aliphatic carbocycles. The number of amides is 1. The van der Waals surface area contributed by atoms with Crippen LogP contribution in [0.4, 0.5) is 32.0 Å². The zero-order valence-corrected chi connectivity index (χ0v) is 22.6. The van der Waals surface area contributed by atoms with Crippen LogP contribution in [-0.2, 0) is 11.0 Å². The van der Waals surface area contributed by atoms with E-state index in [4.69, 9.17) is 5.26 Å². The van der Waals surface area contributed by atoms with Gasteiger partial charge in [-0.3, -0.25) is 4.79 Å². The van der Waals surface area contributed by atoms with E-state index < -0.39 is 41.4 Å². The molecule has 0 aliphatic heterocycles. The number of anilines is 1. The number of nitrogens with zero attached hydrogens (tertiary/aromatic N) is 1. The number of carbonyl (C=O) groups excluding carboxylic acids is 1. The lowest BCUT2D eigenvalue weighted by Gasteiger charge is -2.22. The first kappa shape index (κ1) is 34.1. The summed E-state index contributed by atoms with van der Waals surface area (Å²) in [6, 6.07) is 4.35. The minimum atomic E-state index is -4.74. The maximum Gasteiger partial charge on any atom is 0.417 e. The number of rotatable bonds is 18. The van der Waals surface area contributed by atoms with Crippen molar-refractivity contribution in [1.29, 1.82) is 5.26 Å². The van der Waals surface area contributed by atoms with Crippen molar-refractivity contribution < 1.29 is 36.2 Å². The quantitative estimate of drug-likeness (QED) is 0.137. The number of unbranched alkanes of at least 4 members (excludes halogenated alkanes) is 9. The van der Waals surface area contributed by atoms with Crippen LogP contribution in [0, 0.1) is 11.3 Å². The third-order valence-electron chi connectivity index (χ3n) is 6.14. The SMILES string of the molecule is CC(O)(CCCCCCCCCCCSCCCCC(F)(F)F)C(=O)Nc1ccc(C#N)c(C(F)(F)F)c1. The third kappa shape index (κ3) is 14.9. The van der Waals surface area contributed by atoms with Gasteiger partial charge in [0.2, 0.25) is 0 Å². The minimum absolute atomic E-state index is 0.138. The van der Waals surface area contributed by atoms with Gasteiger partial charge in [-0.25, -0.2) is 0 Å². The summed E-state index contributed by atoms with van der Waals surface area (Å²) < 4.78 is 75.5. The lowest BCUT2D eigenvalue weighted by molar-refractivity contribution is -0.138. The molecule has 4 nitrogen and oxygen atoms in total. The molecule has 1 unspecified atom stereocenters. The van der Waals surface area contributed by atoms with E-state index in [0.29, 0.717) is 18.9 Å². The van der Waals surface area contributed by atoms with Crippen LogP contribution in [0.15, 0.2) is 18.2 Å². The first-order valence-electron chi connectivity index (χ1n) is 13.1. The first-order chi connectivity index (χ1) is 17.8. The van der Waals surface area contributed by atoms with Crippen molar-refractivity contribution >= 4 is 23.4 Å². The molecule has 0 aromatic heterocycles. The van der Waals surface area contributed by atoms with Crippen molar-refractivity contribution in [2.24, 2.45) is 0 Å². The van der Waals surface area contributed by atoms with Crippen LogP contribution in [-0.4, -0.2) is 34.3 Å². The number of hydrogen-bond donors (Lipinski definition) is 2. The molecule has 0 bridgehead atoms. The molecule has 11 heteroatoms. The Morgan fingerprint density at radius 1 is 0.868 bits per heavy atom. The largest absolute Gasteiger partial charge is 0.417 e. The summed E-state index contributed by atoms with van der Waals surface area (Å²) in [6.07, 6.45) is 0.399. The molecule has 1 aromatic rings. The topological polar surface area (TPSA) is 73.1 Å². The van der Waals surface area contributed by atoms with E-state index in [1.807, 2.05) is 0 Å². The standard InChI is InChI=1S/C27H38F6N2O2S/c1-25(37,24(36)35-22-14-13-21(20-34)23(19-22)27(31,32)33)15-9-7-5-3-2-4-6-8-11-17-38-18-12-10-16-26(28,29)30/h13-14,19,37H,2-12,15-18H2,1H3,(H,35,36). The lowest BCUT2D eigenvalue weighted by atomic mass is 9.96. The van der Waals surface area contributed by atoms with Crippen molar-refractivity contribution in [3.63, 3.8) is 0 Å². The number of alkyl halides is 6. The molecule has 1 atom stereocenters. The molecule has 0 radical (unpaired) electrons. The number of aliphatic hydroxyl groups is 1. The van der Waals surface area contributed by atoms with Crippen LogP contribution in [0.5, 0.6) is 0 Å².